The van der Waals surface area contributed by atoms with Crippen LogP contribution in [0.15, 0.2) is 24.3 Å². The van der Waals surface area contributed by atoms with Crippen LogP contribution in [0.1, 0.15) is 30.8 Å². The molecule has 34 heavy (non-hydrogen) atoms. The first-order valence-electron chi connectivity index (χ1n) is 10.3. The number of carbonyl (C=O) groups excluding carboxylic acids is 2. The minimum atomic E-state index is -4.69. The Morgan fingerprint density at radius 3 is 2.44 bits per heavy atom. The fraction of sp³-hybridized carbons (Fsp3) is 0.455. The van der Waals surface area contributed by atoms with E-state index in [1.165, 1.54) is 27.0 Å². The van der Waals surface area contributed by atoms with Crippen LogP contribution in [0.25, 0.3) is 0 Å². The van der Waals surface area contributed by atoms with Crippen molar-refractivity contribution in [2.45, 2.75) is 57.9 Å². The minimum Gasteiger partial charge on any atom is -0.341 e. The number of fused-ring (bicyclic) bond motifs is 1. The van der Waals surface area contributed by atoms with Crippen molar-refractivity contribution in [3.63, 3.8) is 0 Å². The molecule has 0 aliphatic carbocycles. The Morgan fingerprint density at radius 1 is 1.15 bits per heavy atom. The van der Waals surface area contributed by atoms with Gasteiger partial charge in [0.15, 0.2) is 11.9 Å². The van der Waals surface area contributed by atoms with Gasteiger partial charge in [-0.2, -0.15) is 13.2 Å². The maximum absolute atomic E-state index is 13.7. The second-order valence-corrected chi connectivity index (χ2v) is 8.66. The standard InChI is InChI=1S/C22H22F4N4O4/c1-10-8-12(22(24,25)26)9-15(27-10)30-16(17-18(20(30)32)34-21(3,4)33-17)19(31)29(5)14-7-6-13(23)11(2)28-14/h6-9,16-18H,1-5H3. The van der Waals surface area contributed by atoms with Crippen molar-refractivity contribution in [2.75, 3.05) is 16.8 Å². The lowest BCUT2D eigenvalue weighted by Crippen LogP contribution is -2.51. The van der Waals surface area contributed by atoms with Gasteiger partial charge in [-0.25, -0.2) is 14.4 Å². The van der Waals surface area contributed by atoms with Crippen molar-refractivity contribution in [1.29, 1.82) is 0 Å². The summed E-state index contributed by atoms with van der Waals surface area (Å²) in [7, 11) is 1.36. The number of hydrogen-bond acceptors (Lipinski definition) is 6. The third-order valence-electron chi connectivity index (χ3n) is 5.65. The summed E-state index contributed by atoms with van der Waals surface area (Å²) in [5, 5.41) is 0. The summed E-state index contributed by atoms with van der Waals surface area (Å²) < 4.78 is 65.5. The highest BCUT2D eigenvalue weighted by molar-refractivity contribution is 6.10. The largest absolute Gasteiger partial charge is 0.416 e. The molecule has 2 aromatic heterocycles. The van der Waals surface area contributed by atoms with Gasteiger partial charge in [-0.3, -0.25) is 19.4 Å². The van der Waals surface area contributed by atoms with Crippen molar-refractivity contribution < 1.29 is 36.6 Å². The van der Waals surface area contributed by atoms with Crippen molar-refractivity contribution in [3.8, 4) is 0 Å². The second kappa shape index (κ2) is 7.98. The number of carbonyl (C=O) groups is 2. The van der Waals surface area contributed by atoms with Crippen molar-refractivity contribution in [2.24, 2.45) is 0 Å². The molecule has 4 rings (SSSR count). The molecule has 8 nitrogen and oxygen atoms in total. The van der Waals surface area contributed by atoms with Crippen LogP contribution in [-0.2, 0) is 25.2 Å². The normalized spacial score (nSPS) is 23.9. The monoisotopic (exact) mass is 482 g/mol. The number of pyridine rings is 2. The van der Waals surface area contributed by atoms with Crippen LogP contribution in [0.4, 0.5) is 29.2 Å². The van der Waals surface area contributed by atoms with Crippen LogP contribution in [-0.4, -0.2) is 52.9 Å². The Balaban J connectivity index is 1.80. The van der Waals surface area contributed by atoms with E-state index in [-0.39, 0.29) is 23.0 Å². The van der Waals surface area contributed by atoms with Gasteiger partial charge >= 0.3 is 6.18 Å². The highest BCUT2D eigenvalue weighted by atomic mass is 19.4. The molecule has 0 aromatic carbocycles. The highest BCUT2D eigenvalue weighted by Crippen LogP contribution is 2.41. The number of hydrogen-bond donors (Lipinski definition) is 0. The fourth-order valence-electron chi connectivity index (χ4n) is 4.11. The molecule has 2 saturated heterocycles. The Bertz CT molecular complexity index is 1170. The van der Waals surface area contributed by atoms with E-state index in [1.807, 2.05) is 0 Å². The predicted octanol–water partition coefficient (Wildman–Crippen LogP) is 3.15. The average Bonchev–Trinajstić information content (AvgIpc) is 3.18. The molecule has 2 aromatic rings. The van der Waals surface area contributed by atoms with Gasteiger partial charge in [-0.15, -0.1) is 0 Å². The topological polar surface area (TPSA) is 84.9 Å². The van der Waals surface area contributed by atoms with Crippen LogP contribution in [0.2, 0.25) is 0 Å². The summed E-state index contributed by atoms with van der Waals surface area (Å²) in [6.07, 6.45) is -7.03. The third-order valence-corrected chi connectivity index (χ3v) is 5.65. The predicted molar refractivity (Wildman–Crippen MR) is 111 cm³/mol. The number of ether oxygens (including phenoxy) is 2. The average molecular weight is 482 g/mol. The van der Waals surface area contributed by atoms with Gasteiger partial charge in [0.2, 0.25) is 0 Å². The lowest BCUT2D eigenvalue weighted by Gasteiger charge is -2.31. The summed E-state index contributed by atoms with van der Waals surface area (Å²) in [4.78, 5) is 37.0. The van der Waals surface area contributed by atoms with Gasteiger partial charge in [0.25, 0.3) is 11.8 Å². The van der Waals surface area contributed by atoms with Gasteiger partial charge in [0, 0.05) is 12.7 Å². The van der Waals surface area contributed by atoms with E-state index in [1.54, 1.807) is 13.8 Å². The summed E-state index contributed by atoms with van der Waals surface area (Å²) >= 11 is 0. The molecule has 0 radical (unpaired) electrons. The zero-order valence-corrected chi connectivity index (χ0v) is 19.0. The number of aromatic nitrogens is 2. The first-order chi connectivity index (χ1) is 15.7. The number of likely N-dealkylation sites (N-methyl/N-ethyl adjacent to an activating group) is 1. The zero-order valence-electron chi connectivity index (χ0n) is 19.0. The number of halogens is 4. The van der Waals surface area contributed by atoms with E-state index in [0.717, 1.165) is 21.9 Å². The van der Waals surface area contributed by atoms with Gasteiger partial charge in [0.1, 0.15) is 29.6 Å². The maximum atomic E-state index is 13.7. The molecule has 0 N–H and O–H groups in total. The molecule has 0 spiro atoms. The molecule has 2 fully saturated rings. The van der Waals surface area contributed by atoms with Gasteiger partial charge in [-0.1, -0.05) is 0 Å². The lowest BCUT2D eigenvalue weighted by atomic mass is 10.1. The van der Waals surface area contributed by atoms with E-state index < -0.39 is 53.4 Å². The maximum Gasteiger partial charge on any atom is 0.416 e. The third kappa shape index (κ3) is 4.11. The Labute approximate surface area is 192 Å². The number of nitrogens with zero attached hydrogens (tertiary/aromatic N) is 4. The van der Waals surface area contributed by atoms with Crippen LogP contribution in [0, 0.1) is 19.7 Å². The van der Waals surface area contributed by atoms with Crippen molar-refractivity contribution >= 4 is 23.5 Å². The Morgan fingerprint density at radius 2 is 1.82 bits per heavy atom. The quantitative estimate of drug-likeness (QED) is 0.625. The molecule has 3 unspecified atom stereocenters. The van der Waals surface area contributed by atoms with Crippen LogP contribution in [0.5, 0.6) is 0 Å². The zero-order chi connectivity index (χ0) is 25.2. The molecule has 2 aliphatic rings. The number of aryl methyl sites for hydroxylation is 2. The molecule has 3 atom stereocenters. The number of rotatable bonds is 3. The van der Waals surface area contributed by atoms with Crippen LogP contribution >= 0.6 is 0 Å². The summed E-state index contributed by atoms with van der Waals surface area (Å²) in [5.41, 5.74) is -0.962. The Kier molecular flexibility index (Phi) is 5.64. The number of amides is 2. The van der Waals surface area contributed by atoms with E-state index in [4.69, 9.17) is 9.47 Å². The SMILES string of the molecule is Cc1cc(C(F)(F)F)cc(N2C(=O)C3OC(C)(C)OC3C2C(=O)N(C)c2ccc(F)c(C)n2)n1. The molecule has 0 bridgehead atoms. The number of anilines is 2. The molecule has 0 saturated carbocycles. The molecule has 2 amide bonds. The smallest absolute Gasteiger partial charge is 0.341 e. The van der Waals surface area contributed by atoms with Crippen LogP contribution in [0.3, 0.4) is 0 Å². The van der Waals surface area contributed by atoms with E-state index in [0.29, 0.717) is 6.07 Å². The molecule has 182 valence electrons. The second-order valence-electron chi connectivity index (χ2n) is 8.66. The number of alkyl halides is 3. The minimum absolute atomic E-state index is 0.00670. The Hall–Kier alpha value is -3.12. The molecular weight excluding hydrogens is 460 g/mol. The van der Waals surface area contributed by atoms with Crippen LogP contribution < -0.4 is 9.80 Å². The molecule has 2 aliphatic heterocycles. The molecule has 12 heteroatoms. The summed E-state index contributed by atoms with van der Waals surface area (Å²) in [5.74, 6) is -3.50. The summed E-state index contributed by atoms with van der Waals surface area (Å²) in [6.45, 7) is 5.90. The van der Waals surface area contributed by atoms with E-state index >= 15 is 0 Å². The molecular formula is C22H22F4N4O4. The van der Waals surface area contributed by atoms with E-state index in [9.17, 15) is 27.2 Å². The van der Waals surface area contributed by atoms with Gasteiger partial charge < -0.3 is 9.47 Å². The summed E-state index contributed by atoms with van der Waals surface area (Å²) in [6, 6.07) is 2.57. The first kappa shape index (κ1) is 24.0. The van der Waals surface area contributed by atoms with Gasteiger partial charge in [-0.05, 0) is 52.0 Å². The van der Waals surface area contributed by atoms with E-state index in [2.05, 4.69) is 9.97 Å². The first-order valence-corrected chi connectivity index (χ1v) is 10.3. The van der Waals surface area contributed by atoms with Crippen molar-refractivity contribution in [1.82, 2.24) is 9.97 Å². The molecule has 4 heterocycles. The van der Waals surface area contributed by atoms with Gasteiger partial charge in [0.05, 0.1) is 11.3 Å². The lowest BCUT2D eigenvalue weighted by molar-refractivity contribution is -0.161. The fourth-order valence-corrected chi connectivity index (χ4v) is 4.11. The highest BCUT2D eigenvalue weighted by Gasteiger charge is 2.61. The van der Waals surface area contributed by atoms with Crippen molar-refractivity contribution in [3.05, 3.63) is 47.0 Å².